The normalized spacial score (nSPS) is 11.5. The van der Waals surface area contributed by atoms with Gasteiger partial charge in [-0.05, 0) is 36.2 Å². The number of hydrogen-bond donors (Lipinski definition) is 2. The van der Waals surface area contributed by atoms with Crippen LogP contribution in [-0.4, -0.2) is 44.5 Å². The van der Waals surface area contributed by atoms with E-state index < -0.39 is 6.10 Å². The van der Waals surface area contributed by atoms with Crippen LogP contribution in [0.5, 0.6) is 17.2 Å². The van der Waals surface area contributed by atoms with Gasteiger partial charge in [0.1, 0.15) is 18.5 Å². The number of aliphatic hydroxyl groups is 1. The van der Waals surface area contributed by atoms with Gasteiger partial charge in [0.15, 0.2) is 11.5 Å². The van der Waals surface area contributed by atoms with Crippen molar-refractivity contribution in [3.63, 3.8) is 0 Å². The molecule has 1 amide bonds. The molecule has 1 atom stereocenters. The molecule has 0 bridgehead atoms. The molecule has 0 aliphatic heterocycles. The molecule has 0 spiro atoms. The second-order valence-electron chi connectivity index (χ2n) is 5.90. The van der Waals surface area contributed by atoms with Crippen molar-refractivity contribution in [2.75, 3.05) is 27.4 Å². The van der Waals surface area contributed by atoms with Crippen molar-refractivity contribution >= 4 is 5.91 Å². The molecule has 0 saturated carbocycles. The van der Waals surface area contributed by atoms with Gasteiger partial charge in [-0.1, -0.05) is 24.3 Å². The van der Waals surface area contributed by atoms with E-state index in [0.29, 0.717) is 11.5 Å². The highest BCUT2D eigenvalue weighted by Gasteiger charge is 2.11. The van der Waals surface area contributed by atoms with E-state index in [2.05, 4.69) is 5.32 Å². The molecule has 2 aromatic carbocycles. The number of para-hydroxylation sites is 1. The number of carbonyl (C=O) groups excluding carboxylic acids is 1. The summed E-state index contributed by atoms with van der Waals surface area (Å²) in [6.07, 6.45) is -0.602. The van der Waals surface area contributed by atoms with Gasteiger partial charge >= 0.3 is 0 Å². The zero-order valence-electron chi connectivity index (χ0n) is 15.3. The Balaban J connectivity index is 1.78. The van der Waals surface area contributed by atoms with E-state index in [-0.39, 0.29) is 25.5 Å². The fourth-order valence-corrected chi connectivity index (χ4v) is 2.43. The Morgan fingerprint density at radius 3 is 2.50 bits per heavy atom. The highest BCUT2D eigenvalue weighted by Crippen LogP contribution is 2.27. The third kappa shape index (κ3) is 5.67. The van der Waals surface area contributed by atoms with Crippen molar-refractivity contribution in [1.82, 2.24) is 5.32 Å². The van der Waals surface area contributed by atoms with Crippen LogP contribution in [0.4, 0.5) is 0 Å². The topological polar surface area (TPSA) is 77.0 Å². The molecule has 0 aromatic heterocycles. The predicted molar refractivity (Wildman–Crippen MR) is 98.9 cm³/mol. The fourth-order valence-electron chi connectivity index (χ4n) is 2.43. The molecule has 0 saturated heterocycles. The largest absolute Gasteiger partial charge is 0.493 e. The molecule has 2 N–H and O–H groups in total. The van der Waals surface area contributed by atoms with Crippen LogP contribution in [0, 0.1) is 6.92 Å². The summed E-state index contributed by atoms with van der Waals surface area (Å²) in [6, 6.07) is 12.9. The van der Waals surface area contributed by atoms with Gasteiger partial charge in [0.25, 0.3) is 0 Å². The lowest BCUT2D eigenvalue weighted by Crippen LogP contribution is -2.36. The minimum Gasteiger partial charge on any atom is -0.493 e. The molecule has 1 unspecified atom stereocenters. The Kier molecular flexibility index (Phi) is 7.29. The van der Waals surface area contributed by atoms with Crippen LogP contribution in [0.15, 0.2) is 42.5 Å². The Bertz CT molecular complexity index is 732. The van der Waals surface area contributed by atoms with E-state index in [9.17, 15) is 9.90 Å². The smallest absolute Gasteiger partial charge is 0.224 e. The molecular formula is C20H25NO5. The number of aryl methyl sites for hydroxylation is 1. The number of rotatable bonds is 9. The summed E-state index contributed by atoms with van der Waals surface area (Å²) in [5, 5.41) is 12.7. The van der Waals surface area contributed by atoms with Crippen LogP contribution < -0.4 is 19.5 Å². The zero-order chi connectivity index (χ0) is 18.9. The van der Waals surface area contributed by atoms with Crippen molar-refractivity contribution in [3.8, 4) is 17.2 Å². The van der Waals surface area contributed by atoms with Crippen molar-refractivity contribution in [1.29, 1.82) is 0 Å². The van der Waals surface area contributed by atoms with E-state index >= 15 is 0 Å². The molecule has 2 aromatic rings. The van der Waals surface area contributed by atoms with E-state index in [1.54, 1.807) is 32.4 Å². The van der Waals surface area contributed by atoms with Crippen LogP contribution in [0.25, 0.3) is 0 Å². The summed E-state index contributed by atoms with van der Waals surface area (Å²) in [6.45, 7) is 2.17. The minimum absolute atomic E-state index is 0.113. The Labute approximate surface area is 153 Å². The van der Waals surface area contributed by atoms with Gasteiger partial charge in [-0.25, -0.2) is 0 Å². The molecule has 0 aliphatic rings. The SMILES string of the molecule is COc1ccc(CC(=O)NCC(O)COc2ccccc2C)cc1OC. The second-order valence-corrected chi connectivity index (χ2v) is 5.90. The third-order valence-corrected chi connectivity index (χ3v) is 3.87. The number of hydrogen-bond acceptors (Lipinski definition) is 5. The molecule has 26 heavy (non-hydrogen) atoms. The number of aliphatic hydroxyl groups excluding tert-OH is 1. The van der Waals surface area contributed by atoms with E-state index in [1.165, 1.54) is 0 Å². The molecule has 0 radical (unpaired) electrons. The monoisotopic (exact) mass is 359 g/mol. The number of carbonyl (C=O) groups is 1. The first-order valence-corrected chi connectivity index (χ1v) is 8.37. The van der Waals surface area contributed by atoms with E-state index in [1.807, 2.05) is 31.2 Å². The van der Waals surface area contributed by atoms with Gasteiger partial charge in [-0.15, -0.1) is 0 Å². The van der Waals surface area contributed by atoms with Crippen molar-refractivity contribution in [3.05, 3.63) is 53.6 Å². The number of nitrogens with one attached hydrogen (secondary N) is 1. The van der Waals surface area contributed by atoms with Crippen LogP contribution in [-0.2, 0) is 11.2 Å². The molecule has 0 aliphatic carbocycles. The quantitative estimate of drug-likeness (QED) is 0.717. The Morgan fingerprint density at radius 2 is 1.81 bits per heavy atom. The first-order valence-electron chi connectivity index (χ1n) is 8.37. The van der Waals surface area contributed by atoms with Gasteiger partial charge in [0.2, 0.25) is 5.91 Å². The second kappa shape index (κ2) is 9.68. The van der Waals surface area contributed by atoms with Crippen LogP contribution in [0.1, 0.15) is 11.1 Å². The Hall–Kier alpha value is -2.73. The average molecular weight is 359 g/mol. The lowest BCUT2D eigenvalue weighted by atomic mass is 10.1. The number of ether oxygens (including phenoxy) is 3. The molecule has 0 fully saturated rings. The van der Waals surface area contributed by atoms with Crippen LogP contribution >= 0.6 is 0 Å². The van der Waals surface area contributed by atoms with E-state index in [4.69, 9.17) is 14.2 Å². The van der Waals surface area contributed by atoms with Crippen molar-refractivity contribution in [2.45, 2.75) is 19.4 Å². The summed E-state index contributed by atoms with van der Waals surface area (Å²) in [4.78, 5) is 12.1. The molecule has 6 nitrogen and oxygen atoms in total. The van der Waals surface area contributed by atoms with Crippen molar-refractivity contribution in [2.24, 2.45) is 0 Å². The zero-order valence-corrected chi connectivity index (χ0v) is 15.3. The molecule has 140 valence electrons. The lowest BCUT2D eigenvalue weighted by molar-refractivity contribution is -0.121. The fraction of sp³-hybridized carbons (Fsp3) is 0.350. The summed E-state index contributed by atoms with van der Waals surface area (Å²) < 4.78 is 16.0. The molecule has 2 rings (SSSR count). The van der Waals surface area contributed by atoms with E-state index in [0.717, 1.165) is 16.9 Å². The van der Waals surface area contributed by atoms with Gasteiger partial charge in [-0.2, -0.15) is 0 Å². The highest BCUT2D eigenvalue weighted by atomic mass is 16.5. The van der Waals surface area contributed by atoms with Gasteiger partial charge in [0.05, 0.1) is 20.6 Å². The number of benzene rings is 2. The lowest BCUT2D eigenvalue weighted by Gasteiger charge is -2.15. The predicted octanol–water partition coefficient (Wildman–Crippen LogP) is 2.11. The average Bonchev–Trinajstić information content (AvgIpc) is 2.65. The van der Waals surface area contributed by atoms with Gasteiger partial charge in [0, 0.05) is 6.54 Å². The Morgan fingerprint density at radius 1 is 1.08 bits per heavy atom. The summed E-state index contributed by atoms with van der Waals surface area (Å²) >= 11 is 0. The van der Waals surface area contributed by atoms with Crippen LogP contribution in [0.3, 0.4) is 0 Å². The maximum absolute atomic E-state index is 12.1. The summed E-state index contributed by atoms with van der Waals surface area (Å²) in [7, 11) is 3.11. The summed E-state index contributed by atoms with van der Waals surface area (Å²) in [5.74, 6) is 1.72. The van der Waals surface area contributed by atoms with Gasteiger partial charge in [-0.3, -0.25) is 4.79 Å². The maximum Gasteiger partial charge on any atom is 0.224 e. The first-order chi connectivity index (χ1) is 12.5. The van der Waals surface area contributed by atoms with Gasteiger partial charge < -0.3 is 24.6 Å². The number of amides is 1. The maximum atomic E-state index is 12.1. The van der Waals surface area contributed by atoms with Crippen LogP contribution in [0.2, 0.25) is 0 Å². The standard InChI is InChI=1S/C20H25NO5/c1-14-6-4-5-7-17(14)26-13-16(22)12-21-20(23)11-15-8-9-18(24-2)19(10-15)25-3/h4-10,16,22H,11-13H2,1-3H3,(H,21,23). The third-order valence-electron chi connectivity index (χ3n) is 3.87. The summed E-state index contributed by atoms with van der Waals surface area (Å²) in [5.41, 5.74) is 1.79. The molecule has 0 heterocycles. The highest BCUT2D eigenvalue weighted by molar-refractivity contribution is 5.78. The first kappa shape index (κ1) is 19.6. The minimum atomic E-state index is -0.788. The molecular weight excluding hydrogens is 334 g/mol. The number of methoxy groups -OCH3 is 2. The van der Waals surface area contributed by atoms with Crippen molar-refractivity contribution < 1.29 is 24.1 Å². The molecule has 6 heteroatoms.